The lowest BCUT2D eigenvalue weighted by Crippen LogP contribution is -2.08. The molecule has 2 aromatic carbocycles. The summed E-state index contributed by atoms with van der Waals surface area (Å²) in [6.07, 6.45) is 0.980. The van der Waals surface area contributed by atoms with E-state index in [0.717, 1.165) is 11.3 Å². The zero-order chi connectivity index (χ0) is 15.4. The molecule has 0 amide bonds. The molecule has 21 heavy (non-hydrogen) atoms. The molecule has 0 radical (unpaired) electrons. The Kier molecular flexibility index (Phi) is 4.86. The zero-order valence-electron chi connectivity index (χ0n) is 12.1. The first-order chi connectivity index (χ1) is 9.97. The lowest BCUT2D eigenvalue weighted by Gasteiger charge is -2.12. The zero-order valence-corrected chi connectivity index (χ0v) is 12.9. The van der Waals surface area contributed by atoms with Crippen LogP contribution in [0.25, 0.3) is 0 Å². The van der Waals surface area contributed by atoms with Crippen LogP contribution in [-0.4, -0.2) is 25.0 Å². The van der Waals surface area contributed by atoms with Gasteiger partial charge in [-0.1, -0.05) is 23.7 Å². The fraction of sp³-hybridized carbons (Fsp3) is 0.235. The van der Waals surface area contributed by atoms with Gasteiger partial charge in [-0.05, 0) is 42.3 Å². The number of aromatic hydroxyl groups is 1. The number of aryl methyl sites for hydroxylation is 1. The van der Waals surface area contributed by atoms with Crippen LogP contribution >= 0.6 is 11.6 Å². The van der Waals surface area contributed by atoms with Gasteiger partial charge in [-0.25, -0.2) is 0 Å². The van der Waals surface area contributed by atoms with Crippen molar-refractivity contribution in [2.24, 2.45) is 0 Å². The molecule has 0 saturated carbocycles. The summed E-state index contributed by atoms with van der Waals surface area (Å²) >= 11 is 5.86. The third-order valence-corrected chi connectivity index (χ3v) is 3.59. The summed E-state index contributed by atoms with van der Waals surface area (Å²) in [5.74, 6) is -0.126. The number of phenols is 1. The van der Waals surface area contributed by atoms with Crippen molar-refractivity contribution < 1.29 is 9.90 Å². The third kappa shape index (κ3) is 3.99. The number of Topliss-reactive ketones (excluding diaryl/α,β-unsaturated/α-hetero) is 1. The Morgan fingerprint density at radius 3 is 2.43 bits per heavy atom. The molecule has 2 aromatic rings. The molecule has 0 aliphatic carbocycles. The largest absolute Gasteiger partial charge is 0.507 e. The maximum absolute atomic E-state index is 12.1. The molecule has 0 spiro atoms. The third-order valence-electron chi connectivity index (χ3n) is 3.35. The van der Waals surface area contributed by atoms with Crippen LogP contribution in [0, 0.1) is 0 Å². The average Bonchev–Trinajstić information content (AvgIpc) is 2.47. The molecule has 0 atom stereocenters. The lowest BCUT2D eigenvalue weighted by molar-refractivity contribution is 0.0980. The summed E-state index contributed by atoms with van der Waals surface area (Å²) in [7, 11) is 3.97. The predicted octanol–water partition coefficient (Wildman–Crippen LogP) is 3.93. The van der Waals surface area contributed by atoms with E-state index in [0.29, 0.717) is 17.9 Å². The highest BCUT2D eigenvalue weighted by Crippen LogP contribution is 2.23. The van der Waals surface area contributed by atoms with Crippen LogP contribution in [-0.2, 0) is 6.42 Å². The van der Waals surface area contributed by atoms with Gasteiger partial charge < -0.3 is 10.0 Å². The fourth-order valence-electron chi connectivity index (χ4n) is 2.08. The normalized spacial score (nSPS) is 10.4. The van der Waals surface area contributed by atoms with E-state index >= 15 is 0 Å². The summed E-state index contributed by atoms with van der Waals surface area (Å²) in [6.45, 7) is 0. The van der Waals surface area contributed by atoms with Crippen molar-refractivity contribution in [3.8, 4) is 5.75 Å². The monoisotopic (exact) mass is 303 g/mol. The van der Waals surface area contributed by atoms with E-state index in [1.807, 2.05) is 43.3 Å². The number of nitrogens with zero attached hydrogens (tertiary/aromatic N) is 1. The van der Waals surface area contributed by atoms with Crippen LogP contribution in [0.2, 0.25) is 5.02 Å². The van der Waals surface area contributed by atoms with E-state index in [4.69, 9.17) is 11.6 Å². The van der Waals surface area contributed by atoms with Gasteiger partial charge in [0.2, 0.25) is 0 Å². The van der Waals surface area contributed by atoms with E-state index < -0.39 is 0 Å². The fourth-order valence-corrected chi connectivity index (χ4v) is 2.26. The summed E-state index contributed by atoms with van der Waals surface area (Å²) < 4.78 is 0. The van der Waals surface area contributed by atoms with Gasteiger partial charge in [-0.2, -0.15) is 0 Å². The van der Waals surface area contributed by atoms with Crippen molar-refractivity contribution in [3.63, 3.8) is 0 Å². The SMILES string of the molecule is CN(C)c1ccc(CCC(=O)c2cc(Cl)ccc2O)cc1. The summed E-state index contributed by atoms with van der Waals surface area (Å²) in [6, 6.07) is 12.6. The van der Waals surface area contributed by atoms with Gasteiger partial charge in [0.25, 0.3) is 0 Å². The number of anilines is 1. The topological polar surface area (TPSA) is 40.5 Å². The van der Waals surface area contributed by atoms with Crippen molar-refractivity contribution in [1.82, 2.24) is 0 Å². The first-order valence-corrected chi connectivity index (χ1v) is 7.13. The minimum atomic E-state index is -0.105. The molecule has 0 bridgehead atoms. The van der Waals surface area contributed by atoms with Gasteiger partial charge in [0.1, 0.15) is 5.75 Å². The van der Waals surface area contributed by atoms with E-state index in [2.05, 4.69) is 0 Å². The Morgan fingerprint density at radius 2 is 1.81 bits per heavy atom. The Hall–Kier alpha value is -2.00. The Morgan fingerprint density at radius 1 is 1.14 bits per heavy atom. The first-order valence-electron chi connectivity index (χ1n) is 6.75. The molecule has 3 nitrogen and oxygen atoms in total. The predicted molar refractivity (Wildman–Crippen MR) is 86.5 cm³/mol. The Labute approximate surface area is 129 Å². The van der Waals surface area contributed by atoms with Crippen molar-refractivity contribution >= 4 is 23.1 Å². The molecule has 0 heterocycles. The lowest BCUT2D eigenvalue weighted by atomic mass is 10.0. The number of rotatable bonds is 5. The molecule has 0 fully saturated rings. The first kappa shape index (κ1) is 15.4. The van der Waals surface area contributed by atoms with Gasteiger partial charge in [-0.15, -0.1) is 0 Å². The van der Waals surface area contributed by atoms with Gasteiger partial charge in [0.15, 0.2) is 5.78 Å². The summed E-state index contributed by atoms with van der Waals surface area (Å²) in [5.41, 5.74) is 2.50. The Bertz CT molecular complexity index is 636. The second-order valence-corrected chi connectivity index (χ2v) is 5.58. The standard InChI is InChI=1S/C17H18ClNO2/c1-19(2)14-7-3-12(4-8-14)5-9-16(20)15-11-13(18)6-10-17(15)21/h3-4,6-8,10-11,21H,5,9H2,1-2H3. The average molecular weight is 304 g/mol. The van der Waals surface area contributed by atoms with Crippen LogP contribution in [0.5, 0.6) is 5.75 Å². The van der Waals surface area contributed by atoms with Crippen molar-refractivity contribution in [3.05, 3.63) is 58.6 Å². The van der Waals surface area contributed by atoms with E-state index in [9.17, 15) is 9.90 Å². The molecule has 2 rings (SSSR count). The smallest absolute Gasteiger partial charge is 0.166 e. The van der Waals surface area contributed by atoms with Crippen LogP contribution in [0.3, 0.4) is 0 Å². The second-order valence-electron chi connectivity index (χ2n) is 5.15. The molecule has 0 saturated heterocycles. The molecule has 0 aliphatic heterocycles. The quantitative estimate of drug-likeness (QED) is 0.851. The van der Waals surface area contributed by atoms with Crippen molar-refractivity contribution in [2.75, 3.05) is 19.0 Å². The molecular formula is C17H18ClNO2. The van der Waals surface area contributed by atoms with E-state index in [1.54, 1.807) is 6.07 Å². The number of hydrogen-bond acceptors (Lipinski definition) is 3. The number of carbonyl (C=O) groups is 1. The van der Waals surface area contributed by atoms with Crippen LogP contribution < -0.4 is 4.90 Å². The van der Waals surface area contributed by atoms with Crippen LogP contribution in [0.1, 0.15) is 22.3 Å². The number of phenolic OH excluding ortho intramolecular Hbond substituents is 1. The van der Waals surface area contributed by atoms with Gasteiger partial charge in [-0.3, -0.25) is 4.79 Å². The molecular weight excluding hydrogens is 286 g/mol. The number of halogens is 1. The molecule has 1 N–H and O–H groups in total. The van der Waals surface area contributed by atoms with E-state index in [-0.39, 0.29) is 17.1 Å². The minimum Gasteiger partial charge on any atom is -0.507 e. The summed E-state index contributed by atoms with van der Waals surface area (Å²) in [5, 5.41) is 10.2. The van der Waals surface area contributed by atoms with Crippen molar-refractivity contribution in [1.29, 1.82) is 0 Å². The highest BCUT2D eigenvalue weighted by atomic mass is 35.5. The molecule has 0 aliphatic rings. The molecule has 110 valence electrons. The molecule has 4 heteroatoms. The highest BCUT2D eigenvalue weighted by molar-refractivity contribution is 6.31. The number of hydrogen-bond donors (Lipinski definition) is 1. The van der Waals surface area contributed by atoms with Gasteiger partial charge in [0.05, 0.1) is 5.56 Å². The number of benzene rings is 2. The highest BCUT2D eigenvalue weighted by Gasteiger charge is 2.11. The van der Waals surface area contributed by atoms with Crippen LogP contribution in [0.4, 0.5) is 5.69 Å². The second kappa shape index (κ2) is 6.64. The maximum atomic E-state index is 12.1. The molecule has 0 unspecified atom stereocenters. The number of ketones is 1. The van der Waals surface area contributed by atoms with Crippen LogP contribution in [0.15, 0.2) is 42.5 Å². The number of carbonyl (C=O) groups excluding carboxylic acids is 1. The Balaban J connectivity index is 2.02. The van der Waals surface area contributed by atoms with Crippen molar-refractivity contribution in [2.45, 2.75) is 12.8 Å². The molecule has 0 aromatic heterocycles. The van der Waals surface area contributed by atoms with Gasteiger partial charge >= 0.3 is 0 Å². The maximum Gasteiger partial charge on any atom is 0.166 e. The minimum absolute atomic E-state index is 0.0210. The summed E-state index contributed by atoms with van der Waals surface area (Å²) in [4.78, 5) is 14.2. The van der Waals surface area contributed by atoms with Gasteiger partial charge in [0, 0.05) is 31.2 Å². The van der Waals surface area contributed by atoms with E-state index in [1.165, 1.54) is 12.1 Å².